The van der Waals surface area contributed by atoms with Crippen LogP contribution in [0.3, 0.4) is 0 Å². The van der Waals surface area contributed by atoms with E-state index in [0.717, 1.165) is 12.8 Å². The molecule has 1 saturated carbocycles. The van der Waals surface area contributed by atoms with Gasteiger partial charge < -0.3 is 14.9 Å². The highest BCUT2D eigenvalue weighted by atomic mass is 16.3. The fraction of sp³-hybridized carbons (Fsp3) is 0.867. The van der Waals surface area contributed by atoms with Crippen LogP contribution in [0.4, 0.5) is 0 Å². The molecule has 2 saturated heterocycles. The zero-order valence-electron chi connectivity index (χ0n) is 12.0. The molecule has 3 aliphatic rings. The summed E-state index contributed by atoms with van der Waals surface area (Å²) in [7, 11) is 0. The van der Waals surface area contributed by atoms with Crippen molar-refractivity contribution in [3.63, 3.8) is 0 Å². The van der Waals surface area contributed by atoms with Crippen LogP contribution in [0, 0.1) is 5.92 Å². The van der Waals surface area contributed by atoms with Crippen molar-refractivity contribution >= 4 is 11.8 Å². The van der Waals surface area contributed by atoms with Crippen LogP contribution in [0.1, 0.15) is 44.9 Å². The smallest absolute Gasteiger partial charge is 0.227 e. The van der Waals surface area contributed by atoms with E-state index in [-0.39, 0.29) is 23.8 Å². The van der Waals surface area contributed by atoms with Crippen LogP contribution in [-0.4, -0.2) is 58.5 Å². The van der Waals surface area contributed by atoms with Crippen molar-refractivity contribution in [2.75, 3.05) is 19.6 Å². The summed E-state index contributed by atoms with van der Waals surface area (Å²) >= 11 is 0. The van der Waals surface area contributed by atoms with Gasteiger partial charge in [0.15, 0.2) is 0 Å². The minimum Gasteiger partial charge on any atom is -0.393 e. The lowest BCUT2D eigenvalue weighted by atomic mass is 10.0. The fourth-order valence-electron chi connectivity index (χ4n) is 3.81. The lowest BCUT2D eigenvalue weighted by molar-refractivity contribution is -0.137. The molecule has 0 radical (unpaired) electrons. The van der Waals surface area contributed by atoms with Gasteiger partial charge in [-0.2, -0.15) is 0 Å². The van der Waals surface area contributed by atoms with Gasteiger partial charge in [-0.25, -0.2) is 0 Å². The number of rotatable bonds is 2. The number of hydrogen-bond acceptors (Lipinski definition) is 3. The van der Waals surface area contributed by atoms with Gasteiger partial charge in [0.1, 0.15) is 0 Å². The largest absolute Gasteiger partial charge is 0.393 e. The molecular formula is C15H24N2O3. The maximum atomic E-state index is 12.5. The maximum absolute atomic E-state index is 12.5. The number of piperidine rings is 1. The van der Waals surface area contributed by atoms with Crippen LogP contribution in [0.15, 0.2) is 0 Å². The lowest BCUT2D eigenvalue weighted by Crippen LogP contribution is -2.44. The predicted molar refractivity (Wildman–Crippen MR) is 73.9 cm³/mol. The number of aliphatic hydroxyl groups excluding tert-OH is 1. The third kappa shape index (κ3) is 2.68. The van der Waals surface area contributed by atoms with E-state index >= 15 is 0 Å². The van der Waals surface area contributed by atoms with Gasteiger partial charge in [-0.1, -0.05) is 12.8 Å². The topological polar surface area (TPSA) is 60.9 Å². The number of aliphatic hydroxyl groups is 1. The SMILES string of the molecule is O=C(C1CC(=O)N(C2CCCC2)C1)N1CCC(O)CC1. The predicted octanol–water partition coefficient (Wildman–Crippen LogP) is 0.761. The summed E-state index contributed by atoms with van der Waals surface area (Å²) in [5.41, 5.74) is 0. The van der Waals surface area contributed by atoms with Crippen molar-refractivity contribution in [2.24, 2.45) is 5.92 Å². The van der Waals surface area contributed by atoms with Gasteiger partial charge in [-0.05, 0) is 25.7 Å². The molecule has 3 fully saturated rings. The second kappa shape index (κ2) is 5.72. The summed E-state index contributed by atoms with van der Waals surface area (Å²) in [4.78, 5) is 28.4. The number of nitrogens with zero attached hydrogens (tertiary/aromatic N) is 2. The normalized spacial score (nSPS) is 29.4. The third-order valence-corrected chi connectivity index (χ3v) is 5.05. The van der Waals surface area contributed by atoms with E-state index in [4.69, 9.17) is 0 Å². The Balaban J connectivity index is 1.58. The molecule has 1 atom stereocenters. The summed E-state index contributed by atoms with van der Waals surface area (Å²) < 4.78 is 0. The number of carbonyl (C=O) groups excluding carboxylic acids is 2. The zero-order chi connectivity index (χ0) is 14.1. The highest BCUT2D eigenvalue weighted by molar-refractivity contribution is 5.89. The van der Waals surface area contributed by atoms with Crippen LogP contribution in [0.5, 0.6) is 0 Å². The Labute approximate surface area is 119 Å². The summed E-state index contributed by atoms with van der Waals surface area (Å²) in [6, 6.07) is 0.378. The van der Waals surface area contributed by atoms with E-state index in [1.54, 1.807) is 0 Å². The molecule has 5 nitrogen and oxygen atoms in total. The summed E-state index contributed by atoms with van der Waals surface area (Å²) in [6.07, 6.45) is 6.06. The Kier molecular flexibility index (Phi) is 3.96. The summed E-state index contributed by atoms with van der Waals surface area (Å²) in [6.45, 7) is 1.88. The molecule has 5 heteroatoms. The van der Waals surface area contributed by atoms with E-state index in [0.29, 0.717) is 44.9 Å². The Morgan fingerprint density at radius 3 is 2.40 bits per heavy atom. The second-order valence-corrected chi connectivity index (χ2v) is 6.44. The summed E-state index contributed by atoms with van der Waals surface area (Å²) in [5.74, 6) is 0.122. The molecule has 20 heavy (non-hydrogen) atoms. The molecule has 1 N–H and O–H groups in total. The van der Waals surface area contributed by atoms with Crippen molar-refractivity contribution < 1.29 is 14.7 Å². The first-order chi connectivity index (χ1) is 9.65. The molecule has 0 aromatic carbocycles. The van der Waals surface area contributed by atoms with E-state index in [1.165, 1.54) is 12.8 Å². The average Bonchev–Trinajstić information content (AvgIpc) is 3.07. The Morgan fingerprint density at radius 2 is 1.75 bits per heavy atom. The number of carbonyl (C=O) groups is 2. The van der Waals surface area contributed by atoms with E-state index in [1.807, 2.05) is 9.80 Å². The van der Waals surface area contributed by atoms with Crippen molar-refractivity contribution in [3.05, 3.63) is 0 Å². The molecule has 2 amide bonds. The van der Waals surface area contributed by atoms with Crippen LogP contribution < -0.4 is 0 Å². The van der Waals surface area contributed by atoms with Gasteiger partial charge in [0, 0.05) is 32.1 Å². The van der Waals surface area contributed by atoms with Gasteiger partial charge in [0.2, 0.25) is 11.8 Å². The van der Waals surface area contributed by atoms with Gasteiger partial charge in [-0.3, -0.25) is 9.59 Å². The standard InChI is InChI=1S/C15H24N2O3/c18-13-5-7-16(8-6-13)15(20)11-9-14(19)17(10-11)12-3-1-2-4-12/h11-13,18H,1-10H2. The van der Waals surface area contributed by atoms with Gasteiger partial charge >= 0.3 is 0 Å². The number of hydrogen-bond donors (Lipinski definition) is 1. The quantitative estimate of drug-likeness (QED) is 0.812. The first-order valence-corrected chi connectivity index (χ1v) is 7.91. The third-order valence-electron chi connectivity index (χ3n) is 5.05. The second-order valence-electron chi connectivity index (χ2n) is 6.44. The highest BCUT2D eigenvalue weighted by Crippen LogP contribution is 2.30. The van der Waals surface area contributed by atoms with Crippen LogP contribution in [-0.2, 0) is 9.59 Å². The molecular weight excluding hydrogens is 256 g/mol. The molecule has 0 spiro atoms. The fourth-order valence-corrected chi connectivity index (χ4v) is 3.81. The van der Waals surface area contributed by atoms with Crippen LogP contribution >= 0.6 is 0 Å². The molecule has 2 aliphatic heterocycles. The highest BCUT2D eigenvalue weighted by Gasteiger charge is 2.40. The van der Waals surface area contributed by atoms with Crippen LogP contribution in [0.25, 0.3) is 0 Å². The monoisotopic (exact) mass is 280 g/mol. The van der Waals surface area contributed by atoms with Crippen molar-refractivity contribution in [1.82, 2.24) is 9.80 Å². The first kappa shape index (κ1) is 13.9. The van der Waals surface area contributed by atoms with Crippen LogP contribution in [0.2, 0.25) is 0 Å². The van der Waals surface area contributed by atoms with Gasteiger partial charge in [0.05, 0.1) is 12.0 Å². The van der Waals surface area contributed by atoms with E-state index < -0.39 is 0 Å². The van der Waals surface area contributed by atoms with E-state index in [2.05, 4.69) is 0 Å². The molecule has 3 rings (SSSR count). The first-order valence-electron chi connectivity index (χ1n) is 7.91. The average molecular weight is 280 g/mol. The minimum absolute atomic E-state index is 0.116. The minimum atomic E-state index is -0.265. The lowest BCUT2D eigenvalue weighted by Gasteiger charge is -2.31. The number of likely N-dealkylation sites (tertiary alicyclic amines) is 2. The Bertz CT molecular complexity index is 385. The molecule has 0 aromatic rings. The molecule has 2 heterocycles. The summed E-state index contributed by atoms with van der Waals surface area (Å²) in [5, 5.41) is 9.50. The zero-order valence-corrected chi connectivity index (χ0v) is 12.0. The molecule has 1 aliphatic carbocycles. The molecule has 0 bridgehead atoms. The Hall–Kier alpha value is -1.10. The maximum Gasteiger partial charge on any atom is 0.227 e. The molecule has 1 unspecified atom stereocenters. The van der Waals surface area contributed by atoms with Crippen molar-refractivity contribution in [3.8, 4) is 0 Å². The number of amides is 2. The Morgan fingerprint density at radius 1 is 1.10 bits per heavy atom. The molecule has 0 aromatic heterocycles. The van der Waals surface area contributed by atoms with Gasteiger partial charge in [0.25, 0.3) is 0 Å². The van der Waals surface area contributed by atoms with Crippen molar-refractivity contribution in [2.45, 2.75) is 57.1 Å². The van der Waals surface area contributed by atoms with Crippen molar-refractivity contribution in [1.29, 1.82) is 0 Å². The van der Waals surface area contributed by atoms with E-state index in [9.17, 15) is 14.7 Å². The van der Waals surface area contributed by atoms with Gasteiger partial charge in [-0.15, -0.1) is 0 Å². The molecule has 112 valence electrons.